The van der Waals surface area contributed by atoms with Crippen molar-refractivity contribution in [2.75, 3.05) is 25.9 Å². The summed E-state index contributed by atoms with van der Waals surface area (Å²) in [4.78, 5) is 23.3. The second-order valence-electron chi connectivity index (χ2n) is 6.86. The van der Waals surface area contributed by atoms with E-state index in [1.165, 1.54) is 0 Å². The number of methoxy groups -OCH3 is 1. The summed E-state index contributed by atoms with van der Waals surface area (Å²) in [6.07, 6.45) is 7.34. The van der Waals surface area contributed by atoms with E-state index in [9.17, 15) is 4.79 Å². The number of nitrogens with two attached hydrogens (primary N) is 1. The Labute approximate surface area is 154 Å². The number of rotatable bonds is 5. The number of hydrogen-bond acceptors (Lipinski definition) is 5. The van der Waals surface area contributed by atoms with Crippen LogP contribution in [-0.4, -0.2) is 41.0 Å². The van der Waals surface area contributed by atoms with Crippen LogP contribution in [0, 0.1) is 5.92 Å². The summed E-state index contributed by atoms with van der Waals surface area (Å²) in [7, 11) is 1.66. The molecule has 26 heavy (non-hydrogen) atoms. The van der Waals surface area contributed by atoms with Crippen LogP contribution >= 0.6 is 0 Å². The standard InChI is InChI=1S/C20H26N4O2/c1-26-14-16-4-2-6-17(10-16)20(25)24-8-3-5-15(7-9-24)11-18-12-23-19(21)13-22-18/h2,4,6,10,12-13,15H,3,5,7-9,11,14H2,1H3,(H2,21,23)/t15-/m1/s1. The zero-order valence-corrected chi connectivity index (χ0v) is 15.2. The predicted octanol–water partition coefficient (Wildman–Crippen LogP) is 2.69. The van der Waals surface area contributed by atoms with Gasteiger partial charge in [0.05, 0.1) is 24.7 Å². The van der Waals surface area contributed by atoms with Gasteiger partial charge in [0.15, 0.2) is 0 Å². The fourth-order valence-electron chi connectivity index (χ4n) is 3.48. The molecule has 0 unspecified atom stereocenters. The molecule has 1 aromatic heterocycles. The molecular formula is C20H26N4O2. The van der Waals surface area contributed by atoms with E-state index >= 15 is 0 Å². The average molecular weight is 354 g/mol. The fourth-order valence-corrected chi connectivity index (χ4v) is 3.48. The zero-order chi connectivity index (χ0) is 18.4. The Morgan fingerprint density at radius 1 is 1.27 bits per heavy atom. The molecule has 2 aromatic rings. The van der Waals surface area contributed by atoms with E-state index in [1.54, 1.807) is 19.5 Å². The van der Waals surface area contributed by atoms with Crippen molar-refractivity contribution < 1.29 is 9.53 Å². The second kappa shape index (κ2) is 8.76. The normalized spacial score (nSPS) is 17.7. The molecule has 1 amide bonds. The first-order chi connectivity index (χ1) is 12.7. The van der Waals surface area contributed by atoms with Crippen LogP contribution in [0.5, 0.6) is 0 Å². The van der Waals surface area contributed by atoms with Gasteiger partial charge in [-0.1, -0.05) is 12.1 Å². The molecule has 0 bridgehead atoms. The number of likely N-dealkylation sites (tertiary alicyclic amines) is 1. The van der Waals surface area contributed by atoms with Gasteiger partial charge >= 0.3 is 0 Å². The fraction of sp³-hybridized carbons (Fsp3) is 0.450. The third kappa shape index (κ3) is 4.79. The Morgan fingerprint density at radius 2 is 2.15 bits per heavy atom. The van der Waals surface area contributed by atoms with Crippen LogP contribution in [0.15, 0.2) is 36.7 Å². The zero-order valence-electron chi connectivity index (χ0n) is 15.2. The second-order valence-corrected chi connectivity index (χ2v) is 6.86. The van der Waals surface area contributed by atoms with Crippen molar-refractivity contribution in [2.24, 2.45) is 5.92 Å². The Balaban J connectivity index is 1.60. The van der Waals surface area contributed by atoms with Crippen LogP contribution < -0.4 is 5.73 Å². The van der Waals surface area contributed by atoms with E-state index in [1.807, 2.05) is 29.2 Å². The maximum atomic E-state index is 12.9. The highest BCUT2D eigenvalue weighted by Gasteiger charge is 2.22. The van der Waals surface area contributed by atoms with Crippen molar-refractivity contribution in [2.45, 2.75) is 32.3 Å². The molecule has 0 radical (unpaired) electrons. The van der Waals surface area contributed by atoms with Gasteiger partial charge in [-0.2, -0.15) is 0 Å². The average Bonchev–Trinajstić information content (AvgIpc) is 2.89. The molecule has 3 rings (SSSR count). The van der Waals surface area contributed by atoms with Crippen molar-refractivity contribution in [3.05, 3.63) is 53.5 Å². The monoisotopic (exact) mass is 354 g/mol. The molecule has 0 saturated carbocycles. The van der Waals surface area contributed by atoms with Gasteiger partial charge in [-0.05, 0) is 49.3 Å². The van der Waals surface area contributed by atoms with Crippen LogP contribution in [0.1, 0.15) is 40.9 Å². The van der Waals surface area contributed by atoms with E-state index in [0.29, 0.717) is 18.3 Å². The van der Waals surface area contributed by atoms with Gasteiger partial charge in [0.2, 0.25) is 0 Å². The highest BCUT2D eigenvalue weighted by molar-refractivity contribution is 5.94. The summed E-state index contributed by atoms with van der Waals surface area (Å²) in [5, 5.41) is 0. The predicted molar refractivity (Wildman–Crippen MR) is 101 cm³/mol. The molecule has 6 heteroatoms. The van der Waals surface area contributed by atoms with E-state index in [2.05, 4.69) is 9.97 Å². The number of benzene rings is 1. The number of nitrogens with zero attached hydrogens (tertiary/aromatic N) is 3. The first kappa shape index (κ1) is 18.3. The number of ether oxygens (including phenoxy) is 1. The van der Waals surface area contributed by atoms with Crippen LogP contribution in [0.2, 0.25) is 0 Å². The van der Waals surface area contributed by atoms with Crippen molar-refractivity contribution >= 4 is 11.7 Å². The number of carbonyl (C=O) groups is 1. The Bertz CT molecular complexity index is 733. The Kier molecular flexibility index (Phi) is 6.17. The maximum Gasteiger partial charge on any atom is 0.253 e. The number of aromatic nitrogens is 2. The van der Waals surface area contributed by atoms with E-state index in [-0.39, 0.29) is 5.91 Å². The van der Waals surface area contributed by atoms with Crippen molar-refractivity contribution in [1.29, 1.82) is 0 Å². The SMILES string of the molecule is COCc1cccc(C(=O)N2CCC[C@@H](Cc3cnc(N)cn3)CC2)c1. The number of amides is 1. The van der Waals surface area contributed by atoms with Gasteiger partial charge in [0.25, 0.3) is 5.91 Å². The first-order valence-electron chi connectivity index (χ1n) is 9.09. The number of carbonyl (C=O) groups excluding carboxylic acids is 1. The van der Waals surface area contributed by atoms with Crippen molar-refractivity contribution in [1.82, 2.24) is 14.9 Å². The molecule has 0 spiro atoms. The summed E-state index contributed by atoms with van der Waals surface area (Å²) >= 11 is 0. The molecule has 6 nitrogen and oxygen atoms in total. The topological polar surface area (TPSA) is 81.3 Å². The van der Waals surface area contributed by atoms with Crippen LogP contribution in [0.4, 0.5) is 5.82 Å². The molecule has 1 aliphatic heterocycles. The van der Waals surface area contributed by atoms with Crippen LogP contribution in [0.3, 0.4) is 0 Å². The molecule has 2 heterocycles. The largest absolute Gasteiger partial charge is 0.382 e. The minimum Gasteiger partial charge on any atom is -0.382 e. The van der Waals surface area contributed by atoms with Gasteiger partial charge < -0.3 is 15.4 Å². The van der Waals surface area contributed by atoms with E-state index < -0.39 is 0 Å². The Hall–Kier alpha value is -2.47. The lowest BCUT2D eigenvalue weighted by molar-refractivity contribution is 0.0759. The highest BCUT2D eigenvalue weighted by Crippen LogP contribution is 2.22. The Morgan fingerprint density at radius 3 is 2.92 bits per heavy atom. The lowest BCUT2D eigenvalue weighted by atomic mass is 9.95. The van der Waals surface area contributed by atoms with Crippen LogP contribution in [-0.2, 0) is 17.8 Å². The minimum atomic E-state index is 0.107. The lowest BCUT2D eigenvalue weighted by Crippen LogP contribution is -2.32. The smallest absolute Gasteiger partial charge is 0.253 e. The molecule has 1 aliphatic rings. The molecule has 1 aromatic carbocycles. The molecule has 0 aliphatic carbocycles. The number of hydrogen-bond donors (Lipinski definition) is 1. The molecule has 1 fully saturated rings. The van der Waals surface area contributed by atoms with Gasteiger partial charge in [-0.3, -0.25) is 9.78 Å². The number of anilines is 1. The van der Waals surface area contributed by atoms with Gasteiger partial charge in [0.1, 0.15) is 5.82 Å². The third-order valence-corrected chi connectivity index (χ3v) is 4.84. The van der Waals surface area contributed by atoms with Crippen molar-refractivity contribution in [3.8, 4) is 0 Å². The quantitative estimate of drug-likeness (QED) is 0.893. The summed E-state index contributed by atoms with van der Waals surface area (Å²) in [5.74, 6) is 1.07. The van der Waals surface area contributed by atoms with Gasteiger partial charge in [-0.15, -0.1) is 0 Å². The summed E-state index contributed by atoms with van der Waals surface area (Å²) in [6, 6.07) is 7.71. The van der Waals surface area contributed by atoms with E-state index in [0.717, 1.165) is 55.6 Å². The van der Waals surface area contributed by atoms with Gasteiger partial charge in [0, 0.05) is 25.8 Å². The highest BCUT2D eigenvalue weighted by atomic mass is 16.5. The molecule has 2 N–H and O–H groups in total. The summed E-state index contributed by atoms with van der Waals surface area (Å²) in [5.41, 5.74) is 8.32. The molecule has 1 atom stereocenters. The maximum absolute atomic E-state index is 12.9. The minimum absolute atomic E-state index is 0.107. The third-order valence-electron chi connectivity index (χ3n) is 4.84. The summed E-state index contributed by atoms with van der Waals surface area (Å²) < 4.78 is 5.16. The van der Waals surface area contributed by atoms with Gasteiger partial charge in [-0.25, -0.2) is 4.98 Å². The lowest BCUT2D eigenvalue weighted by Gasteiger charge is -2.21. The molecular weight excluding hydrogens is 328 g/mol. The van der Waals surface area contributed by atoms with Crippen molar-refractivity contribution in [3.63, 3.8) is 0 Å². The molecule has 1 saturated heterocycles. The molecule has 138 valence electrons. The summed E-state index contributed by atoms with van der Waals surface area (Å²) in [6.45, 7) is 2.10. The van der Waals surface area contributed by atoms with E-state index in [4.69, 9.17) is 10.5 Å². The first-order valence-corrected chi connectivity index (χ1v) is 9.09. The van der Waals surface area contributed by atoms with Crippen LogP contribution in [0.25, 0.3) is 0 Å². The number of nitrogen functional groups attached to an aromatic ring is 1.